The lowest BCUT2D eigenvalue weighted by Crippen LogP contribution is -2.45. The summed E-state index contributed by atoms with van der Waals surface area (Å²) < 4.78 is 0. The van der Waals surface area contributed by atoms with Gasteiger partial charge in [-0.05, 0) is 6.08 Å². The quantitative estimate of drug-likeness (QED) is 0.661. The van der Waals surface area contributed by atoms with E-state index in [0.717, 1.165) is 38.4 Å². The van der Waals surface area contributed by atoms with Crippen LogP contribution < -0.4 is 5.32 Å². The van der Waals surface area contributed by atoms with Gasteiger partial charge in [0.15, 0.2) is 0 Å². The van der Waals surface area contributed by atoms with Gasteiger partial charge in [0.1, 0.15) is 0 Å². The normalized spacial score (nSPS) is 23.7. The number of dihydropyridines is 1. The van der Waals surface area contributed by atoms with Crippen LogP contribution in [0.4, 0.5) is 0 Å². The summed E-state index contributed by atoms with van der Waals surface area (Å²) in [7, 11) is 0. The minimum atomic E-state index is -0.0161. The maximum absolute atomic E-state index is 11.0. The molecule has 2 heterocycles. The molecule has 0 radical (unpaired) electrons. The van der Waals surface area contributed by atoms with Gasteiger partial charge < -0.3 is 5.32 Å². The fraction of sp³-hybridized carbons (Fsp3) is 0.600. The highest BCUT2D eigenvalue weighted by molar-refractivity contribution is 6.06. The Balaban J connectivity index is 1.89. The lowest BCUT2D eigenvalue weighted by molar-refractivity contribution is -0.117. The van der Waals surface area contributed by atoms with Crippen LogP contribution in [0.2, 0.25) is 0 Å². The van der Waals surface area contributed by atoms with Crippen molar-refractivity contribution >= 4 is 11.6 Å². The molecule has 0 aromatic rings. The third kappa shape index (κ3) is 2.49. The average molecular weight is 193 g/mol. The van der Waals surface area contributed by atoms with Crippen molar-refractivity contribution in [2.45, 2.75) is 6.42 Å². The number of amides is 1. The summed E-state index contributed by atoms with van der Waals surface area (Å²) in [6.45, 7) is 4.96. The SMILES string of the molecule is O=C1CC=CC(CN2CCNCC2)=N1. The molecule has 76 valence electrons. The van der Waals surface area contributed by atoms with E-state index in [-0.39, 0.29) is 5.91 Å². The van der Waals surface area contributed by atoms with Crippen molar-refractivity contribution in [1.82, 2.24) is 10.2 Å². The predicted molar refractivity (Wildman–Crippen MR) is 55.5 cm³/mol. The third-order valence-electron chi connectivity index (χ3n) is 2.47. The van der Waals surface area contributed by atoms with Crippen LogP contribution in [-0.4, -0.2) is 49.2 Å². The summed E-state index contributed by atoms with van der Waals surface area (Å²) in [4.78, 5) is 17.4. The molecule has 2 aliphatic heterocycles. The number of rotatable bonds is 2. The highest BCUT2D eigenvalue weighted by atomic mass is 16.1. The zero-order chi connectivity index (χ0) is 9.80. The molecule has 1 fully saturated rings. The Kier molecular flexibility index (Phi) is 3.06. The van der Waals surface area contributed by atoms with E-state index in [0.29, 0.717) is 6.42 Å². The maximum Gasteiger partial charge on any atom is 0.249 e. The van der Waals surface area contributed by atoms with Crippen LogP contribution in [0.1, 0.15) is 6.42 Å². The number of carbonyl (C=O) groups excluding carboxylic acids is 1. The van der Waals surface area contributed by atoms with Crippen LogP contribution in [0.25, 0.3) is 0 Å². The summed E-state index contributed by atoms with van der Waals surface area (Å²) >= 11 is 0. The Morgan fingerprint density at radius 2 is 2.21 bits per heavy atom. The van der Waals surface area contributed by atoms with Gasteiger partial charge in [0.25, 0.3) is 0 Å². The standard InChI is InChI=1S/C10H15N3O/c14-10-3-1-2-9(12-10)8-13-6-4-11-5-7-13/h1-2,11H,3-8H2. The third-order valence-corrected chi connectivity index (χ3v) is 2.47. The molecule has 1 saturated heterocycles. The molecule has 1 N–H and O–H groups in total. The van der Waals surface area contributed by atoms with E-state index in [1.165, 1.54) is 0 Å². The van der Waals surface area contributed by atoms with E-state index in [1.807, 2.05) is 12.2 Å². The van der Waals surface area contributed by atoms with Crippen LogP contribution in [0.3, 0.4) is 0 Å². The van der Waals surface area contributed by atoms with Gasteiger partial charge in [-0.15, -0.1) is 0 Å². The monoisotopic (exact) mass is 193 g/mol. The lowest BCUT2D eigenvalue weighted by atomic mass is 10.2. The van der Waals surface area contributed by atoms with E-state index in [4.69, 9.17) is 0 Å². The summed E-state index contributed by atoms with van der Waals surface area (Å²) in [6, 6.07) is 0. The molecule has 0 aromatic carbocycles. The van der Waals surface area contributed by atoms with Gasteiger partial charge in [0.2, 0.25) is 5.91 Å². The molecular weight excluding hydrogens is 178 g/mol. The van der Waals surface area contributed by atoms with Crippen molar-refractivity contribution in [3.05, 3.63) is 12.2 Å². The Hall–Kier alpha value is -1.00. The van der Waals surface area contributed by atoms with Crippen LogP contribution >= 0.6 is 0 Å². The molecule has 14 heavy (non-hydrogen) atoms. The average Bonchev–Trinajstić information content (AvgIpc) is 2.19. The molecule has 4 heteroatoms. The van der Waals surface area contributed by atoms with Crippen molar-refractivity contribution in [1.29, 1.82) is 0 Å². The Bertz CT molecular complexity index is 277. The number of hydrogen-bond acceptors (Lipinski definition) is 3. The van der Waals surface area contributed by atoms with Gasteiger partial charge in [0.05, 0.1) is 5.71 Å². The van der Waals surface area contributed by atoms with E-state index in [2.05, 4.69) is 15.2 Å². The summed E-state index contributed by atoms with van der Waals surface area (Å²) in [6.07, 6.45) is 4.32. The molecule has 2 aliphatic rings. The smallest absolute Gasteiger partial charge is 0.249 e. The fourth-order valence-corrected chi connectivity index (χ4v) is 1.73. The largest absolute Gasteiger partial charge is 0.314 e. The van der Waals surface area contributed by atoms with Crippen molar-refractivity contribution in [2.24, 2.45) is 4.99 Å². The molecule has 2 rings (SSSR count). The molecule has 0 aromatic heterocycles. The number of nitrogens with one attached hydrogen (secondary N) is 1. The summed E-state index contributed by atoms with van der Waals surface area (Å²) in [5.41, 5.74) is 0.906. The van der Waals surface area contributed by atoms with Gasteiger partial charge in [-0.1, -0.05) is 6.08 Å². The first-order chi connectivity index (χ1) is 6.84. The van der Waals surface area contributed by atoms with E-state index in [1.54, 1.807) is 0 Å². The van der Waals surface area contributed by atoms with Gasteiger partial charge in [-0.3, -0.25) is 9.69 Å². The Labute approximate surface area is 83.7 Å². The number of aliphatic imine (C=N–C) groups is 1. The molecule has 0 saturated carbocycles. The molecule has 0 atom stereocenters. The zero-order valence-corrected chi connectivity index (χ0v) is 8.20. The topological polar surface area (TPSA) is 44.7 Å². The van der Waals surface area contributed by atoms with E-state index >= 15 is 0 Å². The molecule has 4 nitrogen and oxygen atoms in total. The number of nitrogens with zero attached hydrogens (tertiary/aromatic N) is 2. The number of hydrogen-bond donors (Lipinski definition) is 1. The molecular formula is C10H15N3O. The van der Waals surface area contributed by atoms with Crippen LogP contribution in [0, 0.1) is 0 Å². The molecule has 0 unspecified atom stereocenters. The second-order valence-corrected chi connectivity index (χ2v) is 3.63. The zero-order valence-electron chi connectivity index (χ0n) is 8.20. The van der Waals surface area contributed by atoms with Gasteiger partial charge in [-0.25, -0.2) is 4.99 Å². The predicted octanol–water partition coefficient (Wildman–Crippen LogP) is -0.181. The van der Waals surface area contributed by atoms with Crippen molar-refractivity contribution in [3.8, 4) is 0 Å². The van der Waals surface area contributed by atoms with E-state index in [9.17, 15) is 4.79 Å². The van der Waals surface area contributed by atoms with Gasteiger partial charge in [-0.2, -0.15) is 0 Å². The van der Waals surface area contributed by atoms with E-state index < -0.39 is 0 Å². The first-order valence-corrected chi connectivity index (χ1v) is 5.04. The minimum absolute atomic E-state index is 0.0161. The van der Waals surface area contributed by atoms with Crippen LogP contribution in [0.5, 0.6) is 0 Å². The van der Waals surface area contributed by atoms with Crippen molar-refractivity contribution in [2.75, 3.05) is 32.7 Å². The Morgan fingerprint density at radius 3 is 2.93 bits per heavy atom. The molecule has 1 amide bonds. The van der Waals surface area contributed by atoms with Gasteiger partial charge in [0, 0.05) is 39.1 Å². The molecule has 0 bridgehead atoms. The highest BCUT2D eigenvalue weighted by Crippen LogP contribution is 2.01. The second kappa shape index (κ2) is 4.48. The number of piperazine rings is 1. The molecule has 0 spiro atoms. The summed E-state index contributed by atoms with van der Waals surface area (Å²) in [5, 5.41) is 3.29. The second-order valence-electron chi connectivity index (χ2n) is 3.63. The Morgan fingerprint density at radius 1 is 1.43 bits per heavy atom. The fourth-order valence-electron chi connectivity index (χ4n) is 1.73. The van der Waals surface area contributed by atoms with Crippen LogP contribution in [-0.2, 0) is 4.79 Å². The highest BCUT2D eigenvalue weighted by Gasteiger charge is 2.13. The van der Waals surface area contributed by atoms with Crippen molar-refractivity contribution < 1.29 is 4.79 Å². The maximum atomic E-state index is 11.0. The minimum Gasteiger partial charge on any atom is -0.314 e. The first-order valence-electron chi connectivity index (χ1n) is 5.04. The first kappa shape index (κ1) is 9.55. The summed E-state index contributed by atoms with van der Waals surface area (Å²) in [5.74, 6) is -0.0161. The van der Waals surface area contributed by atoms with Crippen LogP contribution in [0.15, 0.2) is 17.1 Å². The number of carbonyl (C=O) groups is 1. The van der Waals surface area contributed by atoms with Crippen molar-refractivity contribution in [3.63, 3.8) is 0 Å². The molecule has 0 aliphatic carbocycles. The van der Waals surface area contributed by atoms with Gasteiger partial charge >= 0.3 is 0 Å². The lowest BCUT2D eigenvalue weighted by Gasteiger charge is -2.27.